The lowest BCUT2D eigenvalue weighted by atomic mass is 10.2. The lowest BCUT2D eigenvalue weighted by molar-refractivity contribution is 0.724. The van der Waals surface area contributed by atoms with Gasteiger partial charge in [-0.3, -0.25) is 5.10 Å². The number of nitrogens with zero attached hydrogens (tertiary/aromatic N) is 3. The zero-order valence-corrected chi connectivity index (χ0v) is 13.5. The number of thioether (sulfide) groups is 1. The molecule has 0 aromatic carbocycles. The molecule has 0 atom stereocenters. The second-order valence-corrected chi connectivity index (χ2v) is 7.68. The van der Waals surface area contributed by atoms with Crippen LogP contribution < -0.4 is 10.2 Å². The van der Waals surface area contributed by atoms with Crippen LogP contribution in [0.5, 0.6) is 0 Å². The van der Waals surface area contributed by atoms with Crippen molar-refractivity contribution in [3.05, 3.63) is 16.5 Å². The Labute approximate surface area is 132 Å². The molecule has 1 saturated heterocycles. The van der Waals surface area contributed by atoms with Gasteiger partial charge in [0.1, 0.15) is 0 Å². The van der Waals surface area contributed by atoms with Gasteiger partial charge < -0.3 is 10.2 Å². The molecular formula is C14H19N5S2. The van der Waals surface area contributed by atoms with Crippen LogP contribution in [0.25, 0.3) is 10.7 Å². The van der Waals surface area contributed by atoms with Crippen molar-refractivity contribution in [2.45, 2.75) is 18.6 Å². The molecule has 7 heteroatoms. The minimum Gasteiger partial charge on any atom is -0.338 e. The molecule has 2 aliphatic rings. The normalized spacial score (nSPS) is 19.3. The van der Waals surface area contributed by atoms with Crippen LogP contribution in [0.1, 0.15) is 16.9 Å². The molecular weight excluding hydrogens is 302 g/mol. The first-order valence-electron chi connectivity index (χ1n) is 7.48. The molecule has 0 saturated carbocycles. The van der Waals surface area contributed by atoms with E-state index in [1.165, 1.54) is 27.5 Å². The first-order chi connectivity index (χ1) is 10.4. The molecule has 2 aliphatic heterocycles. The molecule has 2 N–H and O–H groups in total. The summed E-state index contributed by atoms with van der Waals surface area (Å²) in [5.74, 6) is 4.15. The van der Waals surface area contributed by atoms with Gasteiger partial charge in [0.25, 0.3) is 0 Å². The molecule has 1 fully saturated rings. The van der Waals surface area contributed by atoms with Crippen molar-refractivity contribution in [3.63, 3.8) is 0 Å². The molecule has 0 aliphatic carbocycles. The molecule has 2 aromatic heterocycles. The lowest BCUT2D eigenvalue weighted by Crippen LogP contribution is -2.28. The predicted octanol–water partition coefficient (Wildman–Crippen LogP) is 2.12. The highest BCUT2D eigenvalue weighted by atomic mass is 32.2. The van der Waals surface area contributed by atoms with Crippen molar-refractivity contribution in [1.82, 2.24) is 20.5 Å². The third-order valence-electron chi connectivity index (χ3n) is 3.96. The zero-order valence-electron chi connectivity index (χ0n) is 11.9. The maximum Gasteiger partial charge on any atom is 0.245 e. The Balaban J connectivity index is 1.57. The Morgan fingerprint density at radius 3 is 3.19 bits per heavy atom. The molecule has 2 aromatic rings. The smallest absolute Gasteiger partial charge is 0.245 e. The maximum atomic E-state index is 4.72. The van der Waals surface area contributed by atoms with E-state index < -0.39 is 0 Å². The number of hydrogen-bond donors (Lipinski definition) is 2. The molecule has 0 spiro atoms. The summed E-state index contributed by atoms with van der Waals surface area (Å²) in [6, 6.07) is 2.29. The molecule has 4 heterocycles. The standard InChI is InChI=1S/C14H19N5S2/c1-3-15-4-6-19(5-1)14-16-13(17-18-14)12-8-10-9-20-7-2-11(10)21-12/h8,15H,1-7,9H2,(H,16,17,18). The highest BCUT2D eigenvalue weighted by Gasteiger charge is 2.18. The summed E-state index contributed by atoms with van der Waals surface area (Å²) in [6.07, 6.45) is 2.35. The second kappa shape index (κ2) is 5.98. The molecule has 0 unspecified atom stereocenters. The minimum absolute atomic E-state index is 0.842. The molecule has 4 rings (SSSR count). The summed E-state index contributed by atoms with van der Waals surface area (Å²) < 4.78 is 0. The lowest BCUT2D eigenvalue weighted by Gasteiger charge is -2.16. The van der Waals surface area contributed by atoms with Crippen molar-refractivity contribution < 1.29 is 0 Å². The SMILES string of the molecule is c1c(-c2nc(N3CCCNCC3)n[nH]2)sc2c1CSCC2. The molecule has 0 radical (unpaired) electrons. The van der Waals surface area contributed by atoms with Gasteiger partial charge in [0, 0.05) is 30.3 Å². The second-order valence-electron chi connectivity index (χ2n) is 5.44. The Kier molecular flexibility index (Phi) is 3.87. The summed E-state index contributed by atoms with van der Waals surface area (Å²) in [6.45, 7) is 4.11. The molecule has 112 valence electrons. The van der Waals surface area contributed by atoms with Crippen molar-refractivity contribution >= 4 is 29.0 Å². The van der Waals surface area contributed by atoms with Gasteiger partial charge in [0.2, 0.25) is 5.95 Å². The monoisotopic (exact) mass is 321 g/mol. The van der Waals surface area contributed by atoms with E-state index in [-0.39, 0.29) is 0 Å². The van der Waals surface area contributed by atoms with E-state index in [9.17, 15) is 0 Å². The van der Waals surface area contributed by atoms with Crippen LogP contribution in [-0.2, 0) is 12.2 Å². The van der Waals surface area contributed by atoms with Crippen molar-refractivity contribution in [2.24, 2.45) is 0 Å². The fourth-order valence-corrected chi connectivity index (χ4v) is 5.13. The number of hydrogen-bond acceptors (Lipinski definition) is 6. The number of aryl methyl sites for hydroxylation is 1. The Hall–Kier alpha value is -1.05. The quantitative estimate of drug-likeness (QED) is 0.887. The van der Waals surface area contributed by atoms with Crippen LogP contribution in [0, 0.1) is 0 Å². The maximum absolute atomic E-state index is 4.72. The number of anilines is 1. The van der Waals surface area contributed by atoms with Gasteiger partial charge in [-0.05, 0) is 36.8 Å². The Morgan fingerprint density at radius 1 is 1.24 bits per heavy atom. The number of nitrogens with one attached hydrogen (secondary N) is 2. The number of aromatic amines is 1. The largest absolute Gasteiger partial charge is 0.338 e. The van der Waals surface area contributed by atoms with E-state index in [2.05, 4.69) is 26.5 Å². The van der Waals surface area contributed by atoms with E-state index in [4.69, 9.17) is 4.98 Å². The summed E-state index contributed by atoms with van der Waals surface area (Å²) in [7, 11) is 0. The number of thiophene rings is 1. The fraction of sp³-hybridized carbons (Fsp3) is 0.571. The van der Waals surface area contributed by atoms with Crippen molar-refractivity contribution in [3.8, 4) is 10.7 Å². The average molecular weight is 321 g/mol. The van der Waals surface area contributed by atoms with Crippen LogP contribution in [-0.4, -0.2) is 47.1 Å². The van der Waals surface area contributed by atoms with E-state index in [0.717, 1.165) is 50.1 Å². The minimum atomic E-state index is 0.842. The summed E-state index contributed by atoms with van der Waals surface area (Å²) in [4.78, 5) is 9.75. The highest BCUT2D eigenvalue weighted by Crippen LogP contribution is 2.36. The fourth-order valence-electron chi connectivity index (χ4n) is 2.81. The van der Waals surface area contributed by atoms with Gasteiger partial charge in [-0.2, -0.15) is 16.7 Å². The third-order valence-corrected chi connectivity index (χ3v) is 6.21. The first-order valence-corrected chi connectivity index (χ1v) is 9.45. The van der Waals surface area contributed by atoms with Crippen LogP contribution in [0.2, 0.25) is 0 Å². The number of rotatable bonds is 2. The van der Waals surface area contributed by atoms with Gasteiger partial charge in [0.15, 0.2) is 5.82 Å². The number of fused-ring (bicyclic) bond motifs is 1. The van der Waals surface area contributed by atoms with Crippen molar-refractivity contribution in [1.29, 1.82) is 0 Å². The molecule has 5 nitrogen and oxygen atoms in total. The van der Waals surface area contributed by atoms with Gasteiger partial charge >= 0.3 is 0 Å². The molecule has 0 bridgehead atoms. The van der Waals surface area contributed by atoms with E-state index in [1.54, 1.807) is 0 Å². The predicted molar refractivity (Wildman–Crippen MR) is 89.3 cm³/mol. The Bertz CT molecular complexity index is 589. The van der Waals surface area contributed by atoms with E-state index in [0.29, 0.717) is 0 Å². The molecule has 0 amide bonds. The van der Waals surface area contributed by atoms with Crippen LogP contribution >= 0.6 is 23.1 Å². The molecule has 21 heavy (non-hydrogen) atoms. The highest BCUT2D eigenvalue weighted by molar-refractivity contribution is 7.98. The number of aromatic nitrogens is 3. The summed E-state index contributed by atoms with van der Waals surface area (Å²) >= 11 is 3.90. The van der Waals surface area contributed by atoms with Gasteiger partial charge in [-0.1, -0.05) is 0 Å². The van der Waals surface area contributed by atoms with E-state index in [1.807, 2.05) is 23.1 Å². The number of H-pyrrole nitrogens is 1. The van der Waals surface area contributed by atoms with Gasteiger partial charge in [-0.25, -0.2) is 0 Å². The third kappa shape index (κ3) is 2.82. The van der Waals surface area contributed by atoms with Crippen LogP contribution in [0.15, 0.2) is 6.07 Å². The average Bonchev–Trinajstić information content (AvgIpc) is 3.07. The van der Waals surface area contributed by atoms with Crippen molar-refractivity contribution in [2.75, 3.05) is 36.8 Å². The topological polar surface area (TPSA) is 56.8 Å². The Morgan fingerprint density at radius 2 is 2.24 bits per heavy atom. The zero-order chi connectivity index (χ0) is 14.1. The first kappa shape index (κ1) is 13.6. The van der Waals surface area contributed by atoms with Gasteiger partial charge in [0.05, 0.1) is 4.88 Å². The summed E-state index contributed by atoms with van der Waals surface area (Å²) in [5, 5.41) is 11.0. The van der Waals surface area contributed by atoms with E-state index >= 15 is 0 Å². The van der Waals surface area contributed by atoms with Crippen LogP contribution in [0.4, 0.5) is 5.95 Å². The summed E-state index contributed by atoms with van der Waals surface area (Å²) in [5.41, 5.74) is 1.49. The van der Waals surface area contributed by atoms with Gasteiger partial charge in [-0.15, -0.1) is 16.4 Å². The van der Waals surface area contributed by atoms with Crippen LogP contribution in [0.3, 0.4) is 0 Å².